The van der Waals surface area contributed by atoms with Gasteiger partial charge in [0.25, 0.3) is 5.69 Å². The molecule has 0 aliphatic rings. The van der Waals surface area contributed by atoms with E-state index in [4.69, 9.17) is 14.2 Å². The van der Waals surface area contributed by atoms with Gasteiger partial charge in [-0.1, -0.05) is 0 Å². The van der Waals surface area contributed by atoms with Crippen molar-refractivity contribution in [3.63, 3.8) is 0 Å². The zero-order valence-corrected chi connectivity index (χ0v) is 13.7. The molecule has 0 aliphatic heterocycles. The highest BCUT2D eigenvalue weighted by molar-refractivity contribution is 5.67. The maximum Gasteiger partial charge on any atom is 0.513 e. The van der Waals surface area contributed by atoms with Crippen molar-refractivity contribution >= 4 is 17.9 Å². The number of rotatable bonds is 6. The van der Waals surface area contributed by atoms with E-state index in [0.717, 1.165) is 0 Å². The van der Waals surface area contributed by atoms with Crippen LogP contribution in [0.2, 0.25) is 0 Å². The fourth-order valence-electron chi connectivity index (χ4n) is 1.49. The van der Waals surface area contributed by atoms with E-state index in [0.29, 0.717) is 6.42 Å². The fraction of sp³-hybridized carbons (Fsp3) is 0.467. The minimum atomic E-state index is -0.930. The Hall–Kier alpha value is -2.84. The zero-order chi connectivity index (χ0) is 18.2. The molecule has 9 nitrogen and oxygen atoms in total. The molecule has 0 heterocycles. The quantitative estimate of drug-likeness (QED) is 0.278. The number of nitro benzene ring substituents is 1. The Labute approximate surface area is 139 Å². The lowest BCUT2D eigenvalue weighted by Gasteiger charge is -2.19. The number of carbonyl (C=O) groups is 2. The van der Waals surface area contributed by atoms with Gasteiger partial charge in [0.15, 0.2) is 0 Å². The molecule has 1 amide bonds. The highest BCUT2D eigenvalue weighted by atomic mass is 16.7. The molecule has 1 N–H and O–H groups in total. The molecule has 0 radical (unpaired) electrons. The SMILES string of the molecule is CC(C)(C)OC(=O)NCCCOC(=O)Oc1ccc([N+](=O)[O-])cc1. The van der Waals surface area contributed by atoms with Gasteiger partial charge in [-0.2, -0.15) is 0 Å². The Morgan fingerprint density at radius 2 is 1.83 bits per heavy atom. The molecule has 0 unspecified atom stereocenters. The second-order valence-electron chi connectivity index (χ2n) is 5.73. The summed E-state index contributed by atoms with van der Waals surface area (Å²) in [6, 6.07) is 5.02. The van der Waals surface area contributed by atoms with Gasteiger partial charge in [-0.05, 0) is 39.3 Å². The largest absolute Gasteiger partial charge is 0.513 e. The Balaban J connectivity index is 2.20. The van der Waals surface area contributed by atoms with Crippen LogP contribution < -0.4 is 10.1 Å². The van der Waals surface area contributed by atoms with Crippen LogP contribution in [0, 0.1) is 10.1 Å². The summed E-state index contributed by atoms with van der Waals surface area (Å²) in [6.07, 6.45) is -1.09. The third-order valence-electron chi connectivity index (χ3n) is 2.46. The Morgan fingerprint density at radius 3 is 2.38 bits per heavy atom. The molecule has 0 spiro atoms. The van der Waals surface area contributed by atoms with E-state index in [9.17, 15) is 19.7 Å². The van der Waals surface area contributed by atoms with Crippen molar-refractivity contribution in [3.05, 3.63) is 34.4 Å². The summed E-state index contributed by atoms with van der Waals surface area (Å²) in [5.74, 6) is 0.137. The number of hydrogen-bond acceptors (Lipinski definition) is 7. The molecular weight excluding hydrogens is 320 g/mol. The molecule has 0 saturated carbocycles. The average Bonchev–Trinajstić information content (AvgIpc) is 2.45. The highest BCUT2D eigenvalue weighted by Gasteiger charge is 2.15. The number of alkyl carbamates (subject to hydrolysis) is 1. The molecule has 24 heavy (non-hydrogen) atoms. The smallest absolute Gasteiger partial charge is 0.444 e. The van der Waals surface area contributed by atoms with E-state index in [-0.39, 0.29) is 24.6 Å². The van der Waals surface area contributed by atoms with Crippen LogP contribution in [0.25, 0.3) is 0 Å². The van der Waals surface area contributed by atoms with E-state index in [2.05, 4.69) is 5.32 Å². The standard InChI is InChI=1S/C15H20N2O7/c1-15(2,3)24-13(18)16-9-4-10-22-14(19)23-12-7-5-11(6-8-12)17(20)21/h5-8H,4,9-10H2,1-3H3,(H,16,18). The number of nitrogens with one attached hydrogen (secondary N) is 1. The maximum absolute atomic E-state index is 11.4. The summed E-state index contributed by atoms with van der Waals surface area (Å²) in [6.45, 7) is 5.58. The van der Waals surface area contributed by atoms with E-state index >= 15 is 0 Å². The van der Waals surface area contributed by atoms with E-state index in [1.54, 1.807) is 20.8 Å². The molecule has 9 heteroatoms. The van der Waals surface area contributed by atoms with Gasteiger partial charge in [-0.3, -0.25) is 10.1 Å². The minimum absolute atomic E-state index is 0.0433. The first-order valence-corrected chi connectivity index (χ1v) is 7.23. The van der Waals surface area contributed by atoms with E-state index in [1.165, 1.54) is 24.3 Å². The lowest BCUT2D eigenvalue weighted by Crippen LogP contribution is -2.33. The average molecular weight is 340 g/mol. The third kappa shape index (κ3) is 7.97. The number of hydrogen-bond donors (Lipinski definition) is 1. The molecular formula is C15H20N2O7. The van der Waals surface area contributed by atoms with Crippen LogP contribution in [0.3, 0.4) is 0 Å². The van der Waals surface area contributed by atoms with Gasteiger partial charge in [-0.25, -0.2) is 9.59 Å². The number of nitrogens with zero attached hydrogens (tertiary/aromatic N) is 1. The van der Waals surface area contributed by atoms with Crippen molar-refractivity contribution in [1.29, 1.82) is 0 Å². The summed E-state index contributed by atoms with van der Waals surface area (Å²) >= 11 is 0. The summed E-state index contributed by atoms with van der Waals surface area (Å²) in [5, 5.41) is 13.0. The fourth-order valence-corrected chi connectivity index (χ4v) is 1.49. The second kappa shape index (κ2) is 8.70. The van der Waals surface area contributed by atoms with Gasteiger partial charge in [0.1, 0.15) is 11.4 Å². The molecule has 0 bridgehead atoms. The third-order valence-corrected chi connectivity index (χ3v) is 2.46. The van der Waals surface area contributed by atoms with E-state index < -0.39 is 22.8 Å². The Bertz CT molecular complexity index is 578. The number of benzene rings is 1. The first kappa shape index (κ1) is 19.2. The van der Waals surface area contributed by atoms with Crippen molar-refractivity contribution in [2.45, 2.75) is 32.8 Å². The Kier molecular flexibility index (Phi) is 6.97. The van der Waals surface area contributed by atoms with Crippen molar-refractivity contribution in [2.24, 2.45) is 0 Å². The number of ether oxygens (including phenoxy) is 3. The van der Waals surface area contributed by atoms with Crippen molar-refractivity contribution in [1.82, 2.24) is 5.32 Å². The van der Waals surface area contributed by atoms with Crippen LogP contribution in [-0.2, 0) is 9.47 Å². The van der Waals surface area contributed by atoms with Crippen LogP contribution in [0.4, 0.5) is 15.3 Å². The molecule has 0 aliphatic carbocycles. The molecule has 0 aromatic heterocycles. The van der Waals surface area contributed by atoms with Crippen molar-refractivity contribution in [2.75, 3.05) is 13.2 Å². The summed E-state index contributed by atoms with van der Waals surface area (Å²) in [4.78, 5) is 32.7. The van der Waals surface area contributed by atoms with Crippen molar-refractivity contribution < 1.29 is 28.7 Å². The molecule has 1 aromatic carbocycles. The van der Waals surface area contributed by atoms with Gasteiger partial charge in [0.2, 0.25) is 0 Å². The first-order chi connectivity index (χ1) is 11.2. The molecule has 0 fully saturated rings. The minimum Gasteiger partial charge on any atom is -0.444 e. The van der Waals surface area contributed by atoms with Crippen molar-refractivity contribution in [3.8, 4) is 5.75 Å². The Morgan fingerprint density at radius 1 is 1.21 bits per heavy atom. The van der Waals surface area contributed by atoms with E-state index in [1.807, 2.05) is 0 Å². The summed E-state index contributed by atoms with van der Waals surface area (Å²) < 4.78 is 14.7. The summed E-state index contributed by atoms with van der Waals surface area (Å²) in [7, 11) is 0. The molecule has 1 aromatic rings. The van der Waals surface area contributed by atoms with Gasteiger partial charge in [0.05, 0.1) is 11.5 Å². The highest BCUT2D eigenvalue weighted by Crippen LogP contribution is 2.17. The monoisotopic (exact) mass is 340 g/mol. The first-order valence-electron chi connectivity index (χ1n) is 7.23. The van der Waals surface area contributed by atoms with Gasteiger partial charge in [0, 0.05) is 18.7 Å². The van der Waals surface area contributed by atoms with Gasteiger partial charge in [-0.15, -0.1) is 0 Å². The van der Waals surface area contributed by atoms with Crippen LogP contribution in [0.1, 0.15) is 27.2 Å². The number of carbonyl (C=O) groups excluding carboxylic acids is 2. The molecule has 0 saturated heterocycles. The van der Waals surface area contributed by atoms with Crippen LogP contribution in [-0.4, -0.2) is 35.9 Å². The van der Waals surface area contributed by atoms with Gasteiger partial charge >= 0.3 is 12.2 Å². The number of amides is 1. The predicted molar refractivity (Wildman–Crippen MR) is 83.9 cm³/mol. The number of nitro groups is 1. The normalized spacial score (nSPS) is 10.6. The molecule has 132 valence electrons. The molecule has 1 rings (SSSR count). The second-order valence-corrected chi connectivity index (χ2v) is 5.73. The maximum atomic E-state index is 11.4. The van der Waals surface area contributed by atoms with Crippen LogP contribution in [0.5, 0.6) is 5.75 Å². The summed E-state index contributed by atoms with van der Waals surface area (Å²) in [5.41, 5.74) is -0.682. The predicted octanol–water partition coefficient (Wildman–Crippen LogP) is 3.03. The topological polar surface area (TPSA) is 117 Å². The number of non-ortho nitro benzene ring substituents is 1. The lowest BCUT2D eigenvalue weighted by molar-refractivity contribution is -0.384. The molecule has 0 atom stereocenters. The van der Waals surface area contributed by atoms with Gasteiger partial charge < -0.3 is 19.5 Å². The zero-order valence-electron chi connectivity index (χ0n) is 13.7. The lowest BCUT2D eigenvalue weighted by atomic mass is 10.2. The van der Waals surface area contributed by atoms with Crippen LogP contribution >= 0.6 is 0 Å². The van der Waals surface area contributed by atoms with Crippen LogP contribution in [0.15, 0.2) is 24.3 Å².